The van der Waals surface area contributed by atoms with Crippen molar-refractivity contribution in [2.24, 2.45) is 5.92 Å². The number of benzene rings is 1. The van der Waals surface area contributed by atoms with Gasteiger partial charge in [-0.1, -0.05) is 31.5 Å². The third-order valence-corrected chi connectivity index (χ3v) is 5.04. The SMILES string of the molecule is CCN(c1nc(Nc2cccc(Cl)c2)c2c(n1)N(C(C)C)CN2)[C@@H](O)C(C)C. The van der Waals surface area contributed by atoms with E-state index in [0.29, 0.717) is 30.0 Å². The van der Waals surface area contributed by atoms with Gasteiger partial charge in [-0.15, -0.1) is 0 Å². The molecule has 3 rings (SSSR count). The highest BCUT2D eigenvalue weighted by Gasteiger charge is 2.30. The van der Waals surface area contributed by atoms with Crippen LogP contribution >= 0.6 is 11.6 Å². The van der Waals surface area contributed by atoms with Gasteiger partial charge in [-0.05, 0) is 44.9 Å². The van der Waals surface area contributed by atoms with Crippen molar-refractivity contribution in [1.29, 1.82) is 0 Å². The Morgan fingerprint density at radius 1 is 1.29 bits per heavy atom. The summed E-state index contributed by atoms with van der Waals surface area (Å²) >= 11 is 6.14. The van der Waals surface area contributed by atoms with Gasteiger partial charge in [0.25, 0.3) is 0 Å². The number of halogens is 1. The molecule has 2 heterocycles. The fraction of sp³-hybridized carbons (Fsp3) is 0.500. The van der Waals surface area contributed by atoms with E-state index >= 15 is 0 Å². The molecule has 0 radical (unpaired) electrons. The summed E-state index contributed by atoms with van der Waals surface area (Å²) < 4.78 is 0. The first-order valence-corrected chi connectivity index (χ1v) is 10.1. The molecule has 0 aliphatic carbocycles. The van der Waals surface area contributed by atoms with E-state index in [1.54, 1.807) is 0 Å². The second-order valence-electron chi connectivity index (χ2n) is 7.55. The quantitative estimate of drug-likeness (QED) is 0.595. The molecule has 0 bridgehead atoms. The molecular weight excluding hydrogens is 376 g/mol. The zero-order valence-electron chi connectivity index (χ0n) is 17.1. The summed E-state index contributed by atoms with van der Waals surface area (Å²) in [6, 6.07) is 7.79. The molecule has 152 valence electrons. The Morgan fingerprint density at radius 2 is 2.04 bits per heavy atom. The normalized spacial score (nSPS) is 14.2. The number of rotatable bonds is 7. The van der Waals surface area contributed by atoms with Gasteiger partial charge in [0.15, 0.2) is 11.6 Å². The van der Waals surface area contributed by atoms with Gasteiger partial charge in [-0.2, -0.15) is 9.97 Å². The van der Waals surface area contributed by atoms with Gasteiger partial charge in [0, 0.05) is 23.3 Å². The van der Waals surface area contributed by atoms with Gasteiger partial charge in [0.05, 0.1) is 6.67 Å². The van der Waals surface area contributed by atoms with Crippen molar-refractivity contribution in [1.82, 2.24) is 9.97 Å². The van der Waals surface area contributed by atoms with Gasteiger partial charge >= 0.3 is 0 Å². The Hall–Kier alpha value is -2.25. The first-order chi connectivity index (χ1) is 13.3. The fourth-order valence-corrected chi connectivity index (χ4v) is 3.39. The summed E-state index contributed by atoms with van der Waals surface area (Å²) in [5, 5.41) is 18.1. The number of hydrogen-bond donors (Lipinski definition) is 3. The number of aromatic nitrogens is 2. The van der Waals surface area contributed by atoms with E-state index in [-0.39, 0.29) is 12.0 Å². The maximum Gasteiger partial charge on any atom is 0.231 e. The predicted octanol–water partition coefficient (Wildman–Crippen LogP) is 4.27. The number of hydrogen-bond acceptors (Lipinski definition) is 7. The van der Waals surface area contributed by atoms with Crippen LogP contribution in [0.3, 0.4) is 0 Å². The number of nitrogens with one attached hydrogen (secondary N) is 2. The van der Waals surface area contributed by atoms with E-state index < -0.39 is 6.23 Å². The monoisotopic (exact) mass is 404 g/mol. The Bertz CT molecular complexity index is 828. The lowest BCUT2D eigenvalue weighted by molar-refractivity contribution is 0.120. The molecule has 0 fully saturated rings. The van der Waals surface area contributed by atoms with E-state index in [2.05, 4.69) is 29.4 Å². The zero-order chi connectivity index (χ0) is 20.4. The Morgan fingerprint density at radius 3 is 2.64 bits per heavy atom. The molecule has 1 aliphatic heterocycles. The van der Waals surface area contributed by atoms with Crippen LogP contribution in [-0.2, 0) is 0 Å². The zero-order valence-corrected chi connectivity index (χ0v) is 17.8. The summed E-state index contributed by atoms with van der Waals surface area (Å²) in [4.78, 5) is 13.6. The Labute approximate surface area is 171 Å². The van der Waals surface area contributed by atoms with Crippen molar-refractivity contribution in [2.75, 3.05) is 33.6 Å². The van der Waals surface area contributed by atoms with Crippen molar-refractivity contribution >= 4 is 40.6 Å². The van der Waals surface area contributed by atoms with Gasteiger partial charge < -0.3 is 25.5 Å². The van der Waals surface area contributed by atoms with Gasteiger partial charge in [0.2, 0.25) is 5.95 Å². The molecule has 7 nitrogen and oxygen atoms in total. The summed E-state index contributed by atoms with van der Waals surface area (Å²) in [6.45, 7) is 11.5. The molecule has 2 aromatic rings. The molecule has 0 saturated heterocycles. The minimum atomic E-state index is -0.663. The predicted molar refractivity (Wildman–Crippen MR) is 117 cm³/mol. The summed E-state index contributed by atoms with van der Waals surface area (Å²) in [5.41, 5.74) is 1.70. The molecule has 1 aromatic heterocycles. The third-order valence-electron chi connectivity index (χ3n) is 4.80. The van der Waals surface area contributed by atoms with E-state index in [1.807, 2.05) is 49.9 Å². The van der Waals surface area contributed by atoms with Crippen molar-refractivity contribution < 1.29 is 5.11 Å². The molecule has 0 unspecified atom stereocenters. The first kappa shape index (κ1) is 20.5. The molecule has 8 heteroatoms. The van der Waals surface area contributed by atoms with Crippen LogP contribution in [0.5, 0.6) is 0 Å². The molecule has 3 N–H and O–H groups in total. The first-order valence-electron chi connectivity index (χ1n) is 9.71. The molecule has 0 amide bonds. The fourth-order valence-electron chi connectivity index (χ4n) is 3.20. The van der Waals surface area contributed by atoms with Crippen LogP contribution < -0.4 is 20.4 Å². The highest BCUT2D eigenvalue weighted by molar-refractivity contribution is 6.30. The van der Waals surface area contributed by atoms with E-state index in [9.17, 15) is 5.11 Å². The minimum absolute atomic E-state index is 0.0560. The topological polar surface area (TPSA) is 76.6 Å². The number of fused-ring (bicyclic) bond motifs is 1. The van der Waals surface area contributed by atoms with Crippen LogP contribution in [-0.4, -0.2) is 40.6 Å². The summed E-state index contributed by atoms with van der Waals surface area (Å²) in [6.07, 6.45) is -0.663. The third kappa shape index (κ3) is 4.10. The Balaban J connectivity index is 2.07. The summed E-state index contributed by atoms with van der Waals surface area (Å²) in [7, 11) is 0. The average Bonchev–Trinajstić information content (AvgIpc) is 3.07. The van der Waals surface area contributed by atoms with Crippen LogP contribution in [0.1, 0.15) is 34.6 Å². The lowest BCUT2D eigenvalue weighted by Gasteiger charge is -2.30. The number of aliphatic hydroxyl groups is 1. The number of anilines is 5. The smallest absolute Gasteiger partial charge is 0.231 e. The largest absolute Gasteiger partial charge is 0.373 e. The average molecular weight is 405 g/mol. The molecular formula is C20H29ClN6O. The molecule has 1 atom stereocenters. The minimum Gasteiger partial charge on any atom is -0.373 e. The standard InChI is InChI=1S/C20H29ClN6O/c1-6-26(19(28)12(2)3)20-24-17(23-15-9-7-8-14(21)10-15)16-18(25-20)27(11-22-16)13(4)5/h7-10,12-13,19,22,28H,6,11H2,1-5H3,(H,23,24,25)/t19-/m0/s1. The van der Waals surface area contributed by atoms with Crippen molar-refractivity contribution in [3.05, 3.63) is 29.3 Å². The molecule has 0 spiro atoms. The summed E-state index contributed by atoms with van der Waals surface area (Å²) in [5.74, 6) is 2.06. The molecule has 0 saturated carbocycles. The van der Waals surface area contributed by atoms with Crippen molar-refractivity contribution in [3.63, 3.8) is 0 Å². The lowest BCUT2D eigenvalue weighted by atomic mass is 10.2. The highest BCUT2D eigenvalue weighted by atomic mass is 35.5. The van der Waals surface area contributed by atoms with Crippen molar-refractivity contribution in [3.8, 4) is 0 Å². The molecule has 1 aromatic carbocycles. The van der Waals surface area contributed by atoms with Gasteiger partial charge in [-0.3, -0.25) is 0 Å². The second kappa shape index (κ2) is 8.41. The van der Waals surface area contributed by atoms with Crippen LogP contribution in [0.25, 0.3) is 0 Å². The highest BCUT2D eigenvalue weighted by Crippen LogP contribution is 2.39. The van der Waals surface area contributed by atoms with Crippen LogP contribution in [0, 0.1) is 5.92 Å². The number of nitrogens with zero attached hydrogens (tertiary/aromatic N) is 4. The van der Waals surface area contributed by atoms with E-state index in [4.69, 9.17) is 21.6 Å². The molecule has 1 aliphatic rings. The van der Waals surface area contributed by atoms with Crippen LogP contribution in [0.2, 0.25) is 5.02 Å². The van der Waals surface area contributed by atoms with Gasteiger partial charge in [-0.25, -0.2) is 0 Å². The van der Waals surface area contributed by atoms with Crippen molar-refractivity contribution in [2.45, 2.75) is 46.9 Å². The Kier molecular flexibility index (Phi) is 6.15. The maximum atomic E-state index is 10.7. The number of aliphatic hydroxyl groups excluding tert-OH is 1. The molecule has 28 heavy (non-hydrogen) atoms. The lowest BCUT2D eigenvalue weighted by Crippen LogP contribution is -2.40. The second-order valence-corrected chi connectivity index (χ2v) is 7.98. The van der Waals surface area contributed by atoms with Crippen LogP contribution in [0.15, 0.2) is 24.3 Å². The maximum absolute atomic E-state index is 10.7. The van der Waals surface area contributed by atoms with E-state index in [1.165, 1.54) is 0 Å². The van der Waals surface area contributed by atoms with E-state index in [0.717, 1.165) is 17.2 Å². The van der Waals surface area contributed by atoms with Gasteiger partial charge in [0.1, 0.15) is 11.9 Å². The van der Waals surface area contributed by atoms with Crippen LogP contribution in [0.4, 0.5) is 29.0 Å².